The Morgan fingerprint density at radius 3 is 2.54 bits per heavy atom. The van der Waals surface area contributed by atoms with Gasteiger partial charge in [-0.2, -0.15) is 5.10 Å². The van der Waals surface area contributed by atoms with Crippen molar-refractivity contribution in [3.8, 4) is 11.3 Å². The first-order chi connectivity index (χ1) is 11.0. The number of likely N-dealkylation sites (tertiary alicyclic amines) is 1. The summed E-state index contributed by atoms with van der Waals surface area (Å²) >= 11 is 0. The molecule has 1 aliphatic heterocycles. The fourth-order valence-corrected chi connectivity index (χ4v) is 3.58. The summed E-state index contributed by atoms with van der Waals surface area (Å²) in [5, 5.41) is 4.33. The minimum atomic E-state index is 0. The summed E-state index contributed by atoms with van der Waals surface area (Å²) in [6, 6.07) is 9.18. The van der Waals surface area contributed by atoms with Crippen LogP contribution < -0.4 is 5.73 Å². The number of nitrogens with zero attached hydrogens (tertiary/aromatic N) is 3. The first-order valence-electron chi connectivity index (χ1n) is 8.60. The highest BCUT2D eigenvalue weighted by Crippen LogP contribution is 2.27. The molecule has 1 aliphatic rings. The molecule has 132 valence electrons. The lowest BCUT2D eigenvalue weighted by Gasteiger charge is -2.34. The van der Waals surface area contributed by atoms with E-state index in [9.17, 15) is 0 Å². The van der Waals surface area contributed by atoms with Gasteiger partial charge in [0.15, 0.2) is 0 Å². The predicted molar refractivity (Wildman–Crippen MR) is 102 cm³/mol. The van der Waals surface area contributed by atoms with Gasteiger partial charge in [0, 0.05) is 31.4 Å². The van der Waals surface area contributed by atoms with Crippen molar-refractivity contribution in [2.24, 2.45) is 18.7 Å². The van der Waals surface area contributed by atoms with Gasteiger partial charge >= 0.3 is 0 Å². The lowest BCUT2D eigenvalue weighted by atomic mass is 9.90. The number of hydrogen-bond acceptors (Lipinski definition) is 3. The van der Waals surface area contributed by atoms with Crippen LogP contribution in [0.3, 0.4) is 0 Å². The Bertz CT molecular complexity index is 657. The van der Waals surface area contributed by atoms with Crippen molar-refractivity contribution >= 4 is 12.4 Å². The van der Waals surface area contributed by atoms with Crippen LogP contribution in [-0.4, -0.2) is 33.8 Å². The van der Waals surface area contributed by atoms with Crippen LogP contribution in [0, 0.1) is 12.8 Å². The molecule has 1 unspecified atom stereocenters. The Balaban J connectivity index is 0.00000208. The summed E-state index contributed by atoms with van der Waals surface area (Å²) in [7, 11) is 2.01. The van der Waals surface area contributed by atoms with Crippen LogP contribution in [0.1, 0.15) is 30.9 Å². The second-order valence-corrected chi connectivity index (χ2v) is 6.97. The normalized spacial score (nSPS) is 17.5. The fraction of sp³-hybridized carbons (Fsp3) is 0.526. The van der Waals surface area contributed by atoms with Crippen LogP contribution in [0.2, 0.25) is 0 Å². The van der Waals surface area contributed by atoms with Gasteiger partial charge in [0.2, 0.25) is 0 Å². The zero-order valence-corrected chi connectivity index (χ0v) is 15.7. The number of rotatable bonds is 4. The van der Waals surface area contributed by atoms with Crippen LogP contribution in [0.15, 0.2) is 30.5 Å². The van der Waals surface area contributed by atoms with E-state index in [1.165, 1.54) is 35.2 Å². The highest BCUT2D eigenvalue weighted by Gasteiger charge is 2.22. The third-order valence-corrected chi connectivity index (χ3v) is 5.13. The summed E-state index contributed by atoms with van der Waals surface area (Å²) in [5.74, 6) is 0.681. The zero-order valence-electron chi connectivity index (χ0n) is 14.9. The van der Waals surface area contributed by atoms with Gasteiger partial charge in [0.05, 0.1) is 5.69 Å². The number of halogens is 1. The maximum Gasteiger partial charge on any atom is 0.0682 e. The van der Waals surface area contributed by atoms with Gasteiger partial charge in [0.25, 0.3) is 0 Å². The molecule has 1 saturated heterocycles. The van der Waals surface area contributed by atoms with Crippen molar-refractivity contribution in [1.29, 1.82) is 0 Å². The largest absolute Gasteiger partial charge is 0.328 e. The topological polar surface area (TPSA) is 47.1 Å². The van der Waals surface area contributed by atoms with Crippen molar-refractivity contribution in [2.45, 2.75) is 39.3 Å². The number of hydrogen-bond donors (Lipinski definition) is 1. The number of nitrogens with two attached hydrogens (primary N) is 1. The molecule has 2 heterocycles. The van der Waals surface area contributed by atoms with E-state index in [-0.39, 0.29) is 12.4 Å². The molecule has 0 bridgehead atoms. The van der Waals surface area contributed by atoms with E-state index >= 15 is 0 Å². The van der Waals surface area contributed by atoms with Crippen molar-refractivity contribution in [3.63, 3.8) is 0 Å². The van der Waals surface area contributed by atoms with Crippen molar-refractivity contribution in [2.75, 3.05) is 13.1 Å². The lowest BCUT2D eigenvalue weighted by molar-refractivity contribution is 0.166. The summed E-state index contributed by atoms with van der Waals surface area (Å²) in [6.07, 6.45) is 4.30. The molecule has 24 heavy (non-hydrogen) atoms. The molecule has 1 aromatic heterocycles. The highest BCUT2D eigenvalue weighted by molar-refractivity contribution is 5.85. The van der Waals surface area contributed by atoms with Crippen molar-refractivity contribution in [3.05, 3.63) is 41.6 Å². The van der Waals surface area contributed by atoms with E-state index in [2.05, 4.69) is 48.1 Å². The molecule has 2 aromatic rings. The Hall–Kier alpha value is -1.36. The summed E-state index contributed by atoms with van der Waals surface area (Å²) in [6.45, 7) is 7.58. The molecule has 3 rings (SSSR count). The molecule has 0 radical (unpaired) electrons. The van der Waals surface area contributed by atoms with E-state index in [1.54, 1.807) is 0 Å². The van der Waals surface area contributed by atoms with Crippen LogP contribution in [0.4, 0.5) is 0 Å². The molecule has 2 N–H and O–H groups in total. The molecule has 0 aliphatic carbocycles. The Kier molecular flexibility index (Phi) is 6.44. The quantitative estimate of drug-likeness (QED) is 0.921. The molecule has 0 saturated carbocycles. The predicted octanol–water partition coefficient (Wildman–Crippen LogP) is 3.38. The Labute approximate surface area is 151 Å². The van der Waals surface area contributed by atoms with Crippen LogP contribution in [-0.2, 0) is 13.6 Å². The van der Waals surface area contributed by atoms with E-state index < -0.39 is 0 Å². The smallest absolute Gasteiger partial charge is 0.0682 e. The summed E-state index contributed by atoms with van der Waals surface area (Å²) in [4.78, 5) is 2.56. The molecule has 4 nitrogen and oxygen atoms in total. The minimum absolute atomic E-state index is 0. The average molecular weight is 349 g/mol. The Morgan fingerprint density at radius 1 is 1.25 bits per heavy atom. The first-order valence-corrected chi connectivity index (χ1v) is 8.60. The standard InChI is InChI=1S/C19H28N4.ClH/c1-14-4-5-17(18(12-14)19-6-9-21-22(19)3)13-23-10-7-16(8-11-23)15(2)20;/h4-6,9,12,15-16H,7-8,10-11,13,20H2,1-3H3;1H. The molecule has 1 aromatic carbocycles. The van der Waals surface area contributed by atoms with Crippen molar-refractivity contribution < 1.29 is 0 Å². The minimum Gasteiger partial charge on any atom is -0.328 e. The van der Waals surface area contributed by atoms with Gasteiger partial charge in [-0.25, -0.2) is 0 Å². The molecular formula is C19H29ClN4. The molecule has 0 amide bonds. The third kappa shape index (κ3) is 4.18. The second-order valence-electron chi connectivity index (χ2n) is 6.97. The maximum absolute atomic E-state index is 6.06. The van der Waals surface area contributed by atoms with Crippen LogP contribution >= 0.6 is 12.4 Å². The van der Waals surface area contributed by atoms with Crippen LogP contribution in [0.25, 0.3) is 11.3 Å². The second kappa shape index (κ2) is 8.15. The van der Waals surface area contributed by atoms with Gasteiger partial charge < -0.3 is 5.73 Å². The molecule has 5 heteroatoms. The third-order valence-electron chi connectivity index (χ3n) is 5.13. The maximum atomic E-state index is 6.06. The number of aromatic nitrogens is 2. The van der Waals surface area contributed by atoms with Gasteiger partial charge in [-0.15, -0.1) is 12.4 Å². The van der Waals surface area contributed by atoms with E-state index in [4.69, 9.17) is 5.73 Å². The van der Waals surface area contributed by atoms with Crippen molar-refractivity contribution in [1.82, 2.24) is 14.7 Å². The summed E-state index contributed by atoms with van der Waals surface area (Å²) < 4.78 is 1.96. The lowest BCUT2D eigenvalue weighted by Crippen LogP contribution is -2.39. The molecular weight excluding hydrogens is 320 g/mol. The highest BCUT2D eigenvalue weighted by atomic mass is 35.5. The molecule has 0 spiro atoms. The fourth-order valence-electron chi connectivity index (χ4n) is 3.58. The molecule has 1 fully saturated rings. The first kappa shape index (κ1) is 19.0. The average Bonchev–Trinajstić information content (AvgIpc) is 2.95. The van der Waals surface area contributed by atoms with E-state index in [1.807, 2.05) is 17.9 Å². The number of aryl methyl sites for hydroxylation is 2. The van der Waals surface area contributed by atoms with Gasteiger partial charge in [-0.3, -0.25) is 9.58 Å². The van der Waals surface area contributed by atoms with Crippen LogP contribution in [0.5, 0.6) is 0 Å². The number of piperidine rings is 1. The van der Waals surface area contributed by atoms with E-state index in [0.717, 1.165) is 19.6 Å². The Morgan fingerprint density at radius 2 is 1.96 bits per heavy atom. The van der Waals surface area contributed by atoms with Gasteiger partial charge in [-0.05, 0) is 63.4 Å². The summed E-state index contributed by atoms with van der Waals surface area (Å²) in [5.41, 5.74) is 11.2. The van der Waals surface area contributed by atoms with Gasteiger partial charge in [0.1, 0.15) is 0 Å². The molecule has 1 atom stereocenters. The van der Waals surface area contributed by atoms with E-state index in [0.29, 0.717) is 12.0 Å². The van der Waals surface area contributed by atoms with Gasteiger partial charge in [-0.1, -0.05) is 17.7 Å². The monoisotopic (exact) mass is 348 g/mol. The zero-order chi connectivity index (χ0) is 16.4. The number of benzene rings is 1. The SMILES string of the molecule is Cc1ccc(CN2CCC(C(C)N)CC2)c(-c2ccnn2C)c1.Cl.